The number of anilines is 1. The highest BCUT2D eigenvalue weighted by Gasteiger charge is 2.23. The molecule has 2 aromatic rings. The third-order valence-electron chi connectivity index (χ3n) is 3.08. The highest BCUT2D eigenvalue weighted by molar-refractivity contribution is 9.10. The van der Waals surface area contributed by atoms with Gasteiger partial charge < -0.3 is 14.5 Å². The van der Waals surface area contributed by atoms with Crippen molar-refractivity contribution in [1.29, 1.82) is 0 Å². The fourth-order valence-corrected chi connectivity index (χ4v) is 2.47. The molecular weight excluding hydrogens is 329 g/mol. The van der Waals surface area contributed by atoms with Gasteiger partial charge in [-0.3, -0.25) is 0 Å². The number of nitrogens with zero attached hydrogens (tertiary/aromatic N) is 2. The number of halogens is 2. The van der Waals surface area contributed by atoms with Crippen LogP contribution in [-0.4, -0.2) is 16.8 Å². The predicted molar refractivity (Wildman–Crippen MR) is 73.7 cm³/mol. The van der Waals surface area contributed by atoms with E-state index in [1.165, 1.54) is 6.07 Å². The molecule has 1 saturated heterocycles. The molecule has 1 unspecified atom stereocenters. The predicted octanol–water partition coefficient (Wildman–Crippen LogP) is 3.43. The molecule has 0 saturated carbocycles. The maximum Gasteiger partial charge on any atom is 0.315 e. The van der Waals surface area contributed by atoms with Gasteiger partial charge in [0.25, 0.3) is 0 Å². The summed E-state index contributed by atoms with van der Waals surface area (Å²) >= 11 is 3.31. The molecule has 0 amide bonds. The second kappa shape index (κ2) is 5.88. The number of hydrogen-bond donors (Lipinski definition) is 1. The highest BCUT2D eigenvalue weighted by Crippen LogP contribution is 2.28. The molecule has 1 aromatic carbocycles. The van der Waals surface area contributed by atoms with Gasteiger partial charge >= 0.3 is 6.01 Å². The van der Waals surface area contributed by atoms with E-state index in [9.17, 15) is 4.39 Å². The van der Waals surface area contributed by atoms with E-state index in [4.69, 9.17) is 9.15 Å². The Bertz CT molecular complexity index is 599. The van der Waals surface area contributed by atoms with Crippen molar-refractivity contribution in [3.05, 3.63) is 39.9 Å². The molecule has 1 aliphatic heterocycles. The maximum absolute atomic E-state index is 13.6. The van der Waals surface area contributed by atoms with Gasteiger partial charge in [0.05, 0.1) is 0 Å². The van der Waals surface area contributed by atoms with Crippen molar-refractivity contribution in [2.75, 3.05) is 11.9 Å². The first kappa shape index (κ1) is 13.5. The molecule has 2 heterocycles. The van der Waals surface area contributed by atoms with E-state index >= 15 is 0 Å². The summed E-state index contributed by atoms with van der Waals surface area (Å²) in [5.74, 6) is 0.194. The van der Waals surface area contributed by atoms with Gasteiger partial charge in [-0.25, -0.2) is 4.39 Å². The van der Waals surface area contributed by atoms with Crippen molar-refractivity contribution >= 4 is 21.9 Å². The minimum Gasteiger partial charge on any atom is -0.405 e. The van der Waals surface area contributed by atoms with Crippen LogP contribution in [0.15, 0.2) is 27.1 Å². The third kappa shape index (κ3) is 2.99. The molecule has 1 aliphatic rings. The summed E-state index contributed by atoms with van der Waals surface area (Å²) in [5, 5.41) is 10.7. The average molecular weight is 342 g/mol. The van der Waals surface area contributed by atoms with E-state index in [0.717, 1.165) is 23.9 Å². The van der Waals surface area contributed by atoms with Crippen LogP contribution in [0, 0.1) is 5.82 Å². The molecule has 5 nitrogen and oxygen atoms in total. The summed E-state index contributed by atoms with van der Waals surface area (Å²) < 4.78 is 25.3. The Balaban J connectivity index is 1.64. The minimum atomic E-state index is -0.278. The van der Waals surface area contributed by atoms with E-state index in [1.54, 1.807) is 12.1 Å². The molecule has 7 heteroatoms. The van der Waals surface area contributed by atoms with Gasteiger partial charge in [-0.1, -0.05) is 21.0 Å². The smallest absolute Gasteiger partial charge is 0.315 e. The molecule has 1 N–H and O–H groups in total. The number of aromatic nitrogens is 2. The molecule has 0 bridgehead atoms. The Morgan fingerprint density at radius 2 is 2.30 bits per heavy atom. The van der Waals surface area contributed by atoms with Crippen molar-refractivity contribution in [3.63, 3.8) is 0 Å². The lowest BCUT2D eigenvalue weighted by Gasteiger charge is -2.04. The third-order valence-corrected chi connectivity index (χ3v) is 3.58. The van der Waals surface area contributed by atoms with Crippen LogP contribution in [0.25, 0.3) is 0 Å². The summed E-state index contributed by atoms with van der Waals surface area (Å²) in [7, 11) is 0. The molecule has 0 aliphatic carbocycles. The average Bonchev–Trinajstić information content (AvgIpc) is 3.09. The molecule has 0 spiro atoms. The molecule has 106 valence electrons. The number of benzene rings is 1. The maximum atomic E-state index is 13.6. The van der Waals surface area contributed by atoms with Crippen LogP contribution in [0.5, 0.6) is 0 Å². The number of ether oxygens (including phenoxy) is 1. The number of rotatable bonds is 4. The van der Waals surface area contributed by atoms with Crippen molar-refractivity contribution < 1.29 is 13.5 Å². The van der Waals surface area contributed by atoms with Crippen LogP contribution in [0.1, 0.15) is 30.4 Å². The lowest BCUT2D eigenvalue weighted by atomic mass is 10.2. The van der Waals surface area contributed by atoms with Gasteiger partial charge in [0.2, 0.25) is 5.89 Å². The molecule has 1 fully saturated rings. The van der Waals surface area contributed by atoms with E-state index < -0.39 is 0 Å². The van der Waals surface area contributed by atoms with Crippen LogP contribution >= 0.6 is 15.9 Å². The largest absolute Gasteiger partial charge is 0.405 e. The first-order chi connectivity index (χ1) is 9.72. The van der Waals surface area contributed by atoms with E-state index in [1.807, 2.05) is 0 Å². The number of hydrogen-bond acceptors (Lipinski definition) is 5. The van der Waals surface area contributed by atoms with Gasteiger partial charge in [-0.15, -0.1) is 5.10 Å². The normalized spacial score (nSPS) is 18.4. The highest BCUT2D eigenvalue weighted by atomic mass is 79.9. The van der Waals surface area contributed by atoms with Gasteiger partial charge in [-0.2, -0.15) is 0 Å². The van der Waals surface area contributed by atoms with Crippen LogP contribution in [-0.2, 0) is 11.3 Å². The second-order valence-corrected chi connectivity index (χ2v) is 5.45. The first-order valence-corrected chi connectivity index (χ1v) is 7.14. The van der Waals surface area contributed by atoms with Crippen molar-refractivity contribution in [3.8, 4) is 0 Å². The monoisotopic (exact) mass is 341 g/mol. The zero-order valence-corrected chi connectivity index (χ0v) is 12.2. The second-order valence-electron chi connectivity index (χ2n) is 4.54. The van der Waals surface area contributed by atoms with Gasteiger partial charge in [-0.05, 0) is 31.0 Å². The Hall–Kier alpha value is -1.47. The molecule has 1 atom stereocenters. The van der Waals surface area contributed by atoms with E-state index in [2.05, 4.69) is 31.4 Å². The van der Waals surface area contributed by atoms with Crippen molar-refractivity contribution in [1.82, 2.24) is 10.2 Å². The van der Waals surface area contributed by atoms with Crippen LogP contribution in [0.3, 0.4) is 0 Å². The fourth-order valence-electron chi connectivity index (χ4n) is 2.06. The molecular formula is C13H13BrFN3O2. The van der Waals surface area contributed by atoms with Crippen molar-refractivity contribution in [2.45, 2.75) is 25.5 Å². The van der Waals surface area contributed by atoms with Crippen LogP contribution < -0.4 is 5.32 Å². The molecule has 20 heavy (non-hydrogen) atoms. The summed E-state index contributed by atoms with van der Waals surface area (Å²) in [4.78, 5) is 0. The minimum absolute atomic E-state index is 0.111. The van der Waals surface area contributed by atoms with Gasteiger partial charge in [0.1, 0.15) is 11.9 Å². The molecule has 0 radical (unpaired) electrons. The van der Waals surface area contributed by atoms with E-state index in [-0.39, 0.29) is 24.5 Å². The Morgan fingerprint density at radius 3 is 3.10 bits per heavy atom. The quantitative estimate of drug-likeness (QED) is 0.922. The summed E-state index contributed by atoms with van der Waals surface area (Å²) in [6.07, 6.45) is 1.78. The zero-order chi connectivity index (χ0) is 13.9. The first-order valence-electron chi connectivity index (χ1n) is 6.35. The van der Waals surface area contributed by atoms with Crippen LogP contribution in [0.4, 0.5) is 10.4 Å². The van der Waals surface area contributed by atoms with E-state index in [0.29, 0.717) is 11.5 Å². The standard InChI is InChI=1S/C13H13BrFN3O2/c14-9-3-4-10(15)8(6-9)7-16-13-18-17-12(20-13)11-2-1-5-19-11/h3-4,6,11H,1-2,5,7H2,(H,16,18). The summed E-state index contributed by atoms with van der Waals surface area (Å²) in [6.45, 7) is 0.998. The Morgan fingerprint density at radius 1 is 1.40 bits per heavy atom. The fraction of sp³-hybridized carbons (Fsp3) is 0.385. The summed E-state index contributed by atoms with van der Waals surface area (Å²) in [5.41, 5.74) is 0.524. The summed E-state index contributed by atoms with van der Waals surface area (Å²) in [6, 6.07) is 5.04. The topological polar surface area (TPSA) is 60.2 Å². The molecule has 3 rings (SSSR count). The molecule has 1 aromatic heterocycles. The van der Waals surface area contributed by atoms with Gasteiger partial charge in [0, 0.05) is 23.2 Å². The number of nitrogens with one attached hydrogen (secondary N) is 1. The Labute approximate surface area is 123 Å². The Kier molecular flexibility index (Phi) is 3.98. The zero-order valence-electron chi connectivity index (χ0n) is 10.6. The van der Waals surface area contributed by atoms with Gasteiger partial charge in [0.15, 0.2) is 0 Å². The van der Waals surface area contributed by atoms with Crippen molar-refractivity contribution in [2.24, 2.45) is 0 Å². The lowest BCUT2D eigenvalue weighted by molar-refractivity contribution is 0.0897. The van der Waals surface area contributed by atoms with Crippen LogP contribution in [0.2, 0.25) is 0 Å². The SMILES string of the molecule is Fc1ccc(Br)cc1CNc1nnc(C2CCCO2)o1. The lowest BCUT2D eigenvalue weighted by Crippen LogP contribution is -2.02.